The lowest BCUT2D eigenvalue weighted by Gasteiger charge is -2.24. The molecule has 0 bridgehead atoms. The monoisotopic (exact) mass is 337 g/mol. The van der Waals surface area contributed by atoms with Gasteiger partial charge in [0, 0.05) is 49.1 Å². The summed E-state index contributed by atoms with van der Waals surface area (Å²) in [5.41, 5.74) is 2.07. The summed E-state index contributed by atoms with van der Waals surface area (Å²) in [6.07, 6.45) is 9.93. The number of nitrogens with zero attached hydrogens (tertiary/aromatic N) is 5. The summed E-state index contributed by atoms with van der Waals surface area (Å²) in [4.78, 5) is 15.3. The second-order valence-electron chi connectivity index (χ2n) is 6.08. The third-order valence-electron chi connectivity index (χ3n) is 4.33. The van der Waals surface area contributed by atoms with Gasteiger partial charge in [-0.1, -0.05) is 0 Å². The molecule has 3 rings (SSSR count). The summed E-state index contributed by atoms with van der Waals surface area (Å²) in [5, 5.41) is 0. The van der Waals surface area contributed by atoms with Gasteiger partial charge in [0.05, 0.1) is 19.3 Å². The van der Waals surface area contributed by atoms with E-state index < -0.39 is 0 Å². The van der Waals surface area contributed by atoms with Crippen LogP contribution in [0.15, 0.2) is 55.2 Å². The number of methoxy groups -OCH3 is 1. The lowest BCUT2D eigenvalue weighted by atomic mass is 10.1. The van der Waals surface area contributed by atoms with Gasteiger partial charge in [-0.15, -0.1) is 0 Å². The smallest absolute Gasteiger partial charge is 0.127 e. The van der Waals surface area contributed by atoms with Crippen LogP contribution in [0.4, 0.5) is 0 Å². The number of likely N-dealkylation sites (N-methyl/N-ethyl adjacent to an activating group) is 1. The van der Waals surface area contributed by atoms with Crippen LogP contribution in [-0.4, -0.2) is 44.6 Å². The lowest BCUT2D eigenvalue weighted by Crippen LogP contribution is -2.31. The van der Waals surface area contributed by atoms with Gasteiger partial charge in [0.25, 0.3) is 0 Å². The van der Waals surface area contributed by atoms with Crippen molar-refractivity contribution in [3.05, 3.63) is 66.8 Å². The van der Waals surface area contributed by atoms with E-state index in [2.05, 4.69) is 38.4 Å². The van der Waals surface area contributed by atoms with Crippen molar-refractivity contribution in [3.63, 3.8) is 0 Å². The molecule has 0 saturated heterocycles. The third-order valence-corrected chi connectivity index (χ3v) is 4.33. The molecule has 0 aliphatic carbocycles. The second kappa shape index (κ2) is 7.90. The van der Waals surface area contributed by atoms with Crippen molar-refractivity contribution in [3.8, 4) is 11.4 Å². The number of aromatic nitrogens is 4. The van der Waals surface area contributed by atoms with Gasteiger partial charge in [-0.25, -0.2) is 4.98 Å². The predicted octanol–water partition coefficient (Wildman–Crippen LogP) is 2.73. The Morgan fingerprint density at radius 2 is 1.92 bits per heavy atom. The Kier molecular flexibility index (Phi) is 5.40. The van der Waals surface area contributed by atoms with Crippen molar-refractivity contribution in [2.24, 2.45) is 0 Å². The largest absolute Gasteiger partial charge is 0.497 e. The molecule has 2 aromatic heterocycles. The van der Waals surface area contributed by atoms with Gasteiger partial charge in [-0.05, 0) is 38.2 Å². The number of hydrogen-bond acceptors (Lipinski definition) is 5. The molecule has 6 heteroatoms. The van der Waals surface area contributed by atoms with Crippen molar-refractivity contribution >= 4 is 0 Å². The molecule has 0 radical (unpaired) electrons. The Morgan fingerprint density at radius 1 is 1.12 bits per heavy atom. The van der Waals surface area contributed by atoms with Gasteiger partial charge in [0.1, 0.15) is 11.6 Å². The van der Waals surface area contributed by atoms with Gasteiger partial charge < -0.3 is 9.30 Å². The highest BCUT2D eigenvalue weighted by molar-refractivity contribution is 5.38. The van der Waals surface area contributed by atoms with Crippen molar-refractivity contribution in [1.29, 1.82) is 0 Å². The van der Waals surface area contributed by atoms with Crippen LogP contribution in [0.5, 0.6) is 5.75 Å². The van der Waals surface area contributed by atoms with Crippen LogP contribution in [0.25, 0.3) is 5.69 Å². The number of benzene rings is 1. The predicted molar refractivity (Wildman–Crippen MR) is 96.8 cm³/mol. The number of ether oxygens (including phenoxy) is 1. The first kappa shape index (κ1) is 17.1. The molecule has 0 unspecified atom stereocenters. The van der Waals surface area contributed by atoms with Crippen LogP contribution in [-0.2, 0) is 13.0 Å². The van der Waals surface area contributed by atoms with Gasteiger partial charge >= 0.3 is 0 Å². The van der Waals surface area contributed by atoms with Crippen molar-refractivity contribution in [2.75, 3.05) is 14.2 Å². The molecular formula is C19H23N5O. The molecule has 0 aliphatic heterocycles. The van der Waals surface area contributed by atoms with Crippen LogP contribution in [0.2, 0.25) is 0 Å². The summed E-state index contributed by atoms with van der Waals surface area (Å²) >= 11 is 0. The summed E-state index contributed by atoms with van der Waals surface area (Å²) < 4.78 is 7.33. The molecule has 0 spiro atoms. The normalized spacial score (nSPS) is 12.3. The van der Waals surface area contributed by atoms with Crippen molar-refractivity contribution in [1.82, 2.24) is 24.4 Å². The second-order valence-corrected chi connectivity index (χ2v) is 6.08. The highest BCUT2D eigenvalue weighted by Gasteiger charge is 2.14. The molecule has 3 aromatic rings. The highest BCUT2D eigenvalue weighted by Crippen LogP contribution is 2.17. The van der Waals surface area contributed by atoms with Crippen molar-refractivity contribution < 1.29 is 4.74 Å². The third kappa shape index (κ3) is 4.22. The molecule has 2 heterocycles. The average molecular weight is 337 g/mol. The maximum absolute atomic E-state index is 5.23. The van der Waals surface area contributed by atoms with Gasteiger partial charge in [0.2, 0.25) is 0 Å². The van der Waals surface area contributed by atoms with E-state index in [4.69, 9.17) is 4.74 Å². The SMILES string of the molecule is COc1ccc(-n2ccnc2CN(C)[C@H](C)Cc2cnccn2)cc1. The molecule has 0 N–H and O–H groups in total. The Morgan fingerprint density at radius 3 is 2.60 bits per heavy atom. The van der Waals surface area contributed by atoms with Gasteiger partial charge in [-0.3, -0.25) is 14.9 Å². The first-order chi connectivity index (χ1) is 12.2. The van der Waals surface area contributed by atoms with E-state index in [1.165, 1.54) is 0 Å². The number of imidazole rings is 1. The molecular weight excluding hydrogens is 314 g/mol. The minimum absolute atomic E-state index is 0.331. The Balaban J connectivity index is 1.69. The molecule has 1 aromatic carbocycles. The highest BCUT2D eigenvalue weighted by atomic mass is 16.5. The van der Waals surface area contributed by atoms with Crippen LogP contribution >= 0.6 is 0 Å². The maximum atomic E-state index is 5.23. The number of rotatable bonds is 7. The molecule has 0 aliphatic rings. The summed E-state index contributed by atoms with van der Waals surface area (Å²) in [5.74, 6) is 1.85. The first-order valence-corrected chi connectivity index (χ1v) is 8.29. The molecule has 25 heavy (non-hydrogen) atoms. The average Bonchev–Trinajstić information content (AvgIpc) is 3.10. The van der Waals surface area contributed by atoms with E-state index in [-0.39, 0.29) is 0 Å². The minimum atomic E-state index is 0.331. The van der Waals surface area contributed by atoms with E-state index in [1.54, 1.807) is 19.5 Å². The van der Waals surface area contributed by atoms with Gasteiger partial charge in [-0.2, -0.15) is 0 Å². The molecule has 0 saturated carbocycles. The Bertz CT molecular complexity index is 785. The standard InChI is InChI=1S/C19H23N5O/c1-15(12-16-13-20-8-9-21-16)23(2)14-19-22-10-11-24(19)17-4-6-18(25-3)7-5-17/h4-11,13,15H,12,14H2,1-3H3/t15-/m1/s1. The molecule has 1 atom stereocenters. The molecule has 0 amide bonds. The van der Waals surface area contributed by atoms with E-state index in [9.17, 15) is 0 Å². The quantitative estimate of drug-likeness (QED) is 0.663. The fourth-order valence-corrected chi connectivity index (χ4v) is 2.70. The Hall–Kier alpha value is -2.73. The summed E-state index contributed by atoms with van der Waals surface area (Å²) in [6.45, 7) is 2.94. The van der Waals surface area contributed by atoms with E-state index in [0.29, 0.717) is 6.04 Å². The molecule has 130 valence electrons. The molecule has 6 nitrogen and oxygen atoms in total. The zero-order valence-electron chi connectivity index (χ0n) is 14.8. The van der Waals surface area contributed by atoms with Crippen LogP contribution in [0, 0.1) is 0 Å². The Labute approximate surface area is 148 Å². The lowest BCUT2D eigenvalue weighted by molar-refractivity contribution is 0.240. The fraction of sp³-hybridized carbons (Fsp3) is 0.316. The molecule has 0 fully saturated rings. The zero-order valence-corrected chi connectivity index (χ0v) is 14.8. The van der Waals surface area contributed by atoms with Crippen molar-refractivity contribution in [2.45, 2.75) is 25.9 Å². The number of hydrogen-bond donors (Lipinski definition) is 0. The summed E-state index contributed by atoms with van der Waals surface area (Å²) in [7, 11) is 3.78. The van der Waals surface area contributed by atoms with E-state index >= 15 is 0 Å². The van der Waals surface area contributed by atoms with Gasteiger partial charge in [0.15, 0.2) is 0 Å². The van der Waals surface area contributed by atoms with E-state index in [0.717, 1.165) is 35.9 Å². The van der Waals surface area contributed by atoms with Crippen LogP contribution in [0.3, 0.4) is 0 Å². The summed E-state index contributed by atoms with van der Waals surface area (Å²) in [6, 6.07) is 8.32. The van der Waals surface area contributed by atoms with Crippen LogP contribution in [0.1, 0.15) is 18.4 Å². The first-order valence-electron chi connectivity index (χ1n) is 8.29. The zero-order chi connectivity index (χ0) is 17.6. The topological polar surface area (TPSA) is 56.1 Å². The van der Waals surface area contributed by atoms with E-state index in [1.807, 2.05) is 42.9 Å². The maximum Gasteiger partial charge on any atom is 0.127 e. The fourth-order valence-electron chi connectivity index (χ4n) is 2.70. The minimum Gasteiger partial charge on any atom is -0.497 e. The van der Waals surface area contributed by atoms with Crippen LogP contribution < -0.4 is 4.74 Å².